The summed E-state index contributed by atoms with van der Waals surface area (Å²) in [5.74, 6) is 7.02. The van der Waals surface area contributed by atoms with E-state index < -0.39 is 0 Å². The first-order valence-corrected chi connectivity index (χ1v) is 6.45. The summed E-state index contributed by atoms with van der Waals surface area (Å²) in [5, 5.41) is 0. The summed E-state index contributed by atoms with van der Waals surface area (Å²) in [4.78, 5) is 13.4. The van der Waals surface area contributed by atoms with E-state index in [2.05, 4.69) is 41.1 Å². The summed E-state index contributed by atoms with van der Waals surface area (Å²) in [5.41, 5.74) is 5.49. The lowest BCUT2D eigenvalue weighted by Crippen LogP contribution is -2.11. The Morgan fingerprint density at radius 1 is 1.32 bits per heavy atom. The molecular formula is C14H19N5. The molecule has 0 aliphatic heterocycles. The minimum atomic E-state index is 0.308. The van der Waals surface area contributed by atoms with Crippen molar-refractivity contribution in [3.63, 3.8) is 0 Å². The zero-order valence-electron chi connectivity index (χ0n) is 11.5. The van der Waals surface area contributed by atoms with Crippen LogP contribution in [0.15, 0.2) is 24.4 Å². The molecule has 0 fully saturated rings. The Morgan fingerprint density at radius 3 is 2.74 bits per heavy atom. The fourth-order valence-corrected chi connectivity index (χ4v) is 1.87. The summed E-state index contributed by atoms with van der Waals surface area (Å²) >= 11 is 0. The number of hydrogen-bond acceptors (Lipinski definition) is 5. The standard InChI is InChI=1S/C14H19N5/c1-4-10-6-5-7-16-13(10)14-17-11(9(2)3)8-12(18-14)19-15/h5-9H,4,15H2,1-3H3,(H,17,18,19). The smallest absolute Gasteiger partial charge is 0.180 e. The molecule has 2 aromatic heterocycles. The minimum absolute atomic E-state index is 0.308. The zero-order chi connectivity index (χ0) is 13.8. The van der Waals surface area contributed by atoms with Crippen LogP contribution >= 0.6 is 0 Å². The average Bonchev–Trinajstić information content (AvgIpc) is 2.46. The van der Waals surface area contributed by atoms with Gasteiger partial charge in [0, 0.05) is 18.0 Å². The van der Waals surface area contributed by atoms with E-state index in [4.69, 9.17) is 5.84 Å². The number of nitrogens with two attached hydrogens (primary N) is 1. The summed E-state index contributed by atoms with van der Waals surface area (Å²) in [7, 11) is 0. The van der Waals surface area contributed by atoms with Crippen LogP contribution < -0.4 is 11.3 Å². The molecule has 5 nitrogen and oxygen atoms in total. The third-order valence-electron chi connectivity index (χ3n) is 2.97. The van der Waals surface area contributed by atoms with Crippen LogP contribution in [0.25, 0.3) is 11.5 Å². The Kier molecular flexibility index (Phi) is 4.06. The maximum atomic E-state index is 5.48. The molecule has 19 heavy (non-hydrogen) atoms. The Hall–Kier alpha value is -2.01. The van der Waals surface area contributed by atoms with Crippen molar-refractivity contribution in [2.45, 2.75) is 33.1 Å². The number of nitrogen functional groups attached to an aromatic ring is 1. The lowest BCUT2D eigenvalue weighted by Gasteiger charge is -2.11. The molecule has 0 bridgehead atoms. The Bertz CT molecular complexity index is 566. The second-order valence-electron chi connectivity index (χ2n) is 4.67. The van der Waals surface area contributed by atoms with Gasteiger partial charge in [0.2, 0.25) is 0 Å². The summed E-state index contributed by atoms with van der Waals surface area (Å²) in [6.07, 6.45) is 2.65. The van der Waals surface area contributed by atoms with Gasteiger partial charge in [0.05, 0.1) is 0 Å². The highest BCUT2D eigenvalue weighted by Crippen LogP contribution is 2.22. The second-order valence-corrected chi connectivity index (χ2v) is 4.67. The molecule has 0 aliphatic carbocycles. The van der Waals surface area contributed by atoms with Crippen molar-refractivity contribution < 1.29 is 0 Å². The molecule has 0 saturated heterocycles. The first kappa shape index (κ1) is 13.4. The molecular weight excluding hydrogens is 238 g/mol. The van der Waals surface area contributed by atoms with Gasteiger partial charge < -0.3 is 5.43 Å². The third-order valence-corrected chi connectivity index (χ3v) is 2.97. The van der Waals surface area contributed by atoms with Gasteiger partial charge in [-0.25, -0.2) is 15.8 Å². The maximum Gasteiger partial charge on any atom is 0.180 e. The fraction of sp³-hybridized carbons (Fsp3) is 0.357. The summed E-state index contributed by atoms with van der Waals surface area (Å²) in [6.45, 7) is 6.27. The van der Waals surface area contributed by atoms with Crippen molar-refractivity contribution in [2.75, 3.05) is 5.43 Å². The second kappa shape index (κ2) is 5.75. The topological polar surface area (TPSA) is 76.7 Å². The zero-order valence-corrected chi connectivity index (χ0v) is 11.5. The quantitative estimate of drug-likeness (QED) is 0.650. The van der Waals surface area contributed by atoms with Crippen LogP contribution in [-0.2, 0) is 6.42 Å². The molecule has 0 spiro atoms. The van der Waals surface area contributed by atoms with Crippen LogP contribution in [0.2, 0.25) is 0 Å². The van der Waals surface area contributed by atoms with E-state index in [-0.39, 0.29) is 0 Å². The highest BCUT2D eigenvalue weighted by atomic mass is 15.3. The van der Waals surface area contributed by atoms with Gasteiger partial charge >= 0.3 is 0 Å². The first-order valence-electron chi connectivity index (χ1n) is 6.45. The molecule has 0 radical (unpaired) electrons. The summed E-state index contributed by atoms with van der Waals surface area (Å²) < 4.78 is 0. The normalized spacial score (nSPS) is 10.8. The predicted molar refractivity (Wildman–Crippen MR) is 76.5 cm³/mol. The van der Waals surface area contributed by atoms with Gasteiger partial charge in [-0.05, 0) is 24.0 Å². The Balaban J connectivity index is 2.57. The number of anilines is 1. The summed E-state index contributed by atoms with van der Waals surface area (Å²) in [6, 6.07) is 5.84. The molecule has 0 amide bonds. The molecule has 2 rings (SSSR count). The molecule has 0 unspecified atom stereocenters. The number of aromatic nitrogens is 3. The van der Waals surface area contributed by atoms with Crippen LogP contribution in [0.1, 0.15) is 37.9 Å². The molecule has 2 heterocycles. The number of hydrazine groups is 1. The highest BCUT2D eigenvalue weighted by molar-refractivity contribution is 5.57. The van der Waals surface area contributed by atoms with Crippen LogP contribution in [0, 0.1) is 0 Å². The van der Waals surface area contributed by atoms with Crippen LogP contribution in [-0.4, -0.2) is 15.0 Å². The molecule has 0 aromatic carbocycles. The van der Waals surface area contributed by atoms with Crippen LogP contribution in [0.5, 0.6) is 0 Å². The van der Waals surface area contributed by atoms with Crippen molar-refractivity contribution in [1.29, 1.82) is 0 Å². The molecule has 0 saturated carbocycles. The van der Waals surface area contributed by atoms with Crippen molar-refractivity contribution in [3.05, 3.63) is 35.7 Å². The van der Waals surface area contributed by atoms with E-state index in [0.717, 1.165) is 23.4 Å². The Labute approximate surface area is 113 Å². The number of hydrogen-bond donors (Lipinski definition) is 2. The number of pyridine rings is 1. The monoisotopic (exact) mass is 257 g/mol. The largest absolute Gasteiger partial charge is 0.308 e. The highest BCUT2D eigenvalue weighted by Gasteiger charge is 2.12. The Morgan fingerprint density at radius 2 is 2.11 bits per heavy atom. The van der Waals surface area contributed by atoms with E-state index >= 15 is 0 Å². The third kappa shape index (κ3) is 2.88. The predicted octanol–water partition coefficient (Wildman–Crippen LogP) is 2.51. The lowest BCUT2D eigenvalue weighted by molar-refractivity contribution is 0.815. The van der Waals surface area contributed by atoms with Gasteiger partial charge in [-0.1, -0.05) is 26.8 Å². The lowest BCUT2D eigenvalue weighted by atomic mass is 10.1. The van der Waals surface area contributed by atoms with E-state index in [0.29, 0.717) is 17.6 Å². The average molecular weight is 257 g/mol. The van der Waals surface area contributed by atoms with Crippen molar-refractivity contribution in [2.24, 2.45) is 5.84 Å². The SMILES string of the molecule is CCc1cccnc1-c1nc(NN)cc(C(C)C)n1. The van der Waals surface area contributed by atoms with E-state index in [1.165, 1.54) is 0 Å². The van der Waals surface area contributed by atoms with Crippen molar-refractivity contribution >= 4 is 5.82 Å². The number of nitrogens with zero attached hydrogens (tertiary/aromatic N) is 3. The van der Waals surface area contributed by atoms with Gasteiger partial charge in [0.15, 0.2) is 5.82 Å². The van der Waals surface area contributed by atoms with Crippen molar-refractivity contribution in [1.82, 2.24) is 15.0 Å². The molecule has 5 heteroatoms. The van der Waals surface area contributed by atoms with Gasteiger partial charge in [0.1, 0.15) is 11.5 Å². The number of aryl methyl sites for hydroxylation is 1. The van der Waals surface area contributed by atoms with E-state index in [1.54, 1.807) is 6.20 Å². The number of nitrogens with one attached hydrogen (secondary N) is 1. The van der Waals surface area contributed by atoms with Gasteiger partial charge in [-0.3, -0.25) is 4.98 Å². The fourth-order valence-electron chi connectivity index (χ4n) is 1.87. The molecule has 0 atom stereocenters. The van der Waals surface area contributed by atoms with E-state index in [9.17, 15) is 0 Å². The molecule has 2 aromatic rings. The first-order chi connectivity index (χ1) is 9.15. The maximum absolute atomic E-state index is 5.48. The molecule has 3 N–H and O–H groups in total. The van der Waals surface area contributed by atoms with Gasteiger partial charge in [-0.15, -0.1) is 0 Å². The molecule has 100 valence electrons. The number of rotatable bonds is 4. The van der Waals surface area contributed by atoms with Crippen molar-refractivity contribution in [3.8, 4) is 11.5 Å². The minimum Gasteiger partial charge on any atom is -0.308 e. The van der Waals surface area contributed by atoms with E-state index in [1.807, 2.05) is 18.2 Å². The van der Waals surface area contributed by atoms with Crippen LogP contribution in [0.3, 0.4) is 0 Å². The molecule has 0 aliphatic rings. The van der Waals surface area contributed by atoms with Gasteiger partial charge in [-0.2, -0.15) is 0 Å². The van der Waals surface area contributed by atoms with Crippen LogP contribution in [0.4, 0.5) is 5.82 Å². The van der Waals surface area contributed by atoms with Gasteiger partial charge in [0.25, 0.3) is 0 Å².